The lowest BCUT2D eigenvalue weighted by molar-refractivity contribution is -0.137. The summed E-state index contributed by atoms with van der Waals surface area (Å²) in [5.41, 5.74) is -1.79. The number of hydrogen-bond acceptors (Lipinski definition) is 4. The zero-order valence-corrected chi connectivity index (χ0v) is 19.7. The quantitative estimate of drug-likeness (QED) is 0.350. The third-order valence-corrected chi connectivity index (χ3v) is 6.82. The molecule has 2 aromatic heterocycles. The van der Waals surface area contributed by atoms with E-state index in [1.54, 1.807) is 45.0 Å². The molecule has 3 aromatic rings. The molecule has 0 saturated heterocycles. The minimum absolute atomic E-state index is 0.00532. The molecule has 1 aromatic carbocycles. The molecule has 176 valence electrons. The molecule has 0 fully saturated rings. The van der Waals surface area contributed by atoms with E-state index in [1.165, 1.54) is 18.6 Å². The summed E-state index contributed by atoms with van der Waals surface area (Å²) >= 11 is 4.43. The summed E-state index contributed by atoms with van der Waals surface area (Å²) in [5.74, 6) is -1.05. The predicted octanol–water partition coefficient (Wildman–Crippen LogP) is 5.67. The van der Waals surface area contributed by atoms with Gasteiger partial charge in [0.1, 0.15) is 10.6 Å². The molecule has 3 rings (SSSR count). The van der Waals surface area contributed by atoms with E-state index in [0.29, 0.717) is 22.3 Å². The monoisotopic (exact) mass is 499 g/mol. The third-order valence-electron chi connectivity index (χ3n) is 5.08. The van der Waals surface area contributed by atoms with E-state index < -0.39 is 39.1 Å². The molecule has 0 amide bonds. The summed E-state index contributed by atoms with van der Waals surface area (Å²) in [7, 11) is 0. The molecule has 0 radical (unpaired) electrons. The molecule has 0 saturated carbocycles. The highest BCUT2D eigenvalue weighted by Crippen LogP contribution is 2.41. The van der Waals surface area contributed by atoms with Crippen molar-refractivity contribution in [3.63, 3.8) is 0 Å². The number of alkyl halides is 3. The largest absolute Gasteiger partial charge is 0.598 e. The highest BCUT2D eigenvalue weighted by atomic mass is 35.5. The van der Waals surface area contributed by atoms with Crippen molar-refractivity contribution in [2.75, 3.05) is 6.54 Å². The fourth-order valence-electron chi connectivity index (χ4n) is 3.41. The first-order valence-corrected chi connectivity index (χ1v) is 11.4. The Balaban J connectivity index is 2.32. The average Bonchev–Trinajstić information content (AvgIpc) is 2.74. The second kappa shape index (κ2) is 9.58. The van der Waals surface area contributed by atoms with Gasteiger partial charge in [0.15, 0.2) is 0 Å². The van der Waals surface area contributed by atoms with Gasteiger partial charge in [-0.25, -0.2) is 4.39 Å². The molecule has 0 aliphatic heterocycles. The van der Waals surface area contributed by atoms with E-state index in [4.69, 9.17) is 11.6 Å². The van der Waals surface area contributed by atoms with E-state index in [0.717, 1.165) is 12.1 Å². The van der Waals surface area contributed by atoms with Crippen molar-refractivity contribution in [3.05, 3.63) is 94.3 Å². The van der Waals surface area contributed by atoms with Crippen LogP contribution in [0.2, 0.25) is 5.02 Å². The van der Waals surface area contributed by atoms with Gasteiger partial charge < -0.3 is 4.55 Å². The summed E-state index contributed by atoms with van der Waals surface area (Å²) in [5, 5.41) is 0.323. The average molecular weight is 500 g/mol. The Morgan fingerprint density at radius 1 is 0.970 bits per heavy atom. The summed E-state index contributed by atoms with van der Waals surface area (Å²) < 4.78 is 70.4. The molecule has 2 heterocycles. The van der Waals surface area contributed by atoms with E-state index in [-0.39, 0.29) is 12.1 Å². The van der Waals surface area contributed by atoms with E-state index in [1.807, 2.05) is 0 Å². The summed E-state index contributed by atoms with van der Waals surface area (Å²) in [6.45, 7) is 5.15. The van der Waals surface area contributed by atoms with E-state index in [9.17, 15) is 22.1 Å². The summed E-state index contributed by atoms with van der Waals surface area (Å²) in [6, 6.07) is 8.69. The maximum atomic E-state index is 14.5. The highest BCUT2D eigenvalue weighted by Gasteiger charge is 2.42. The van der Waals surface area contributed by atoms with Gasteiger partial charge in [-0.15, -0.1) is 4.72 Å². The van der Waals surface area contributed by atoms with Crippen LogP contribution in [0.15, 0.2) is 61.1 Å². The first-order chi connectivity index (χ1) is 15.3. The van der Waals surface area contributed by atoms with Crippen molar-refractivity contribution in [3.8, 4) is 0 Å². The Kier molecular flexibility index (Phi) is 7.38. The van der Waals surface area contributed by atoms with Crippen LogP contribution in [0, 0.1) is 5.82 Å². The molecule has 4 nitrogen and oxygen atoms in total. The number of hydrogen-bond donors (Lipinski definition) is 1. The molecule has 0 spiro atoms. The molecular weight excluding hydrogens is 478 g/mol. The van der Waals surface area contributed by atoms with Crippen molar-refractivity contribution in [1.29, 1.82) is 0 Å². The number of nitrogens with zero attached hydrogens (tertiary/aromatic N) is 2. The zero-order chi connectivity index (χ0) is 24.4. The van der Waals surface area contributed by atoms with Crippen LogP contribution in [0.3, 0.4) is 0 Å². The normalized spacial score (nSPS) is 15.2. The number of halogens is 5. The van der Waals surface area contributed by atoms with Gasteiger partial charge in [0.2, 0.25) is 0 Å². The molecule has 10 heteroatoms. The summed E-state index contributed by atoms with van der Waals surface area (Å²) in [4.78, 5) is 8.36. The molecule has 2 unspecified atom stereocenters. The fourth-order valence-corrected chi connectivity index (χ4v) is 4.30. The maximum Gasteiger partial charge on any atom is 0.416 e. The molecular formula is C23H22ClF4N3OS. The van der Waals surface area contributed by atoms with Crippen molar-refractivity contribution in [2.24, 2.45) is 0 Å². The van der Waals surface area contributed by atoms with Gasteiger partial charge in [-0.05, 0) is 74.4 Å². The van der Waals surface area contributed by atoms with Gasteiger partial charge in [-0.3, -0.25) is 9.97 Å². The van der Waals surface area contributed by atoms with Crippen LogP contribution in [0.1, 0.15) is 43.2 Å². The standard InChI is InChI=1S/C23H22ClF4N3OS/c1-21(2,3)33(32)31-14-22(15-6-8-29-9-7-15,20-5-4-18(24)13-30-20)16-10-17(23(26,27)28)12-19(25)11-16/h4-13,31H,14H2,1-3H3. The van der Waals surface area contributed by atoms with Gasteiger partial charge in [0.05, 0.1) is 28.2 Å². The molecule has 0 aliphatic rings. The molecule has 0 bridgehead atoms. The van der Waals surface area contributed by atoms with Crippen LogP contribution in [0.4, 0.5) is 17.6 Å². The van der Waals surface area contributed by atoms with Crippen molar-refractivity contribution < 1.29 is 22.1 Å². The van der Waals surface area contributed by atoms with Crippen molar-refractivity contribution >= 4 is 23.0 Å². The first kappa shape index (κ1) is 25.4. The van der Waals surface area contributed by atoms with Crippen LogP contribution in [-0.4, -0.2) is 25.8 Å². The highest BCUT2D eigenvalue weighted by molar-refractivity contribution is 7.90. The second-order valence-electron chi connectivity index (χ2n) is 8.43. The summed E-state index contributed by atoms with van der Waals surface area (Å²) in [6.07, 6.45) is -0.456. The number of aromatic nitrogens is 2. The van der Waals surface area contributed by atoms with Crippen LogP contribution >= 0.6 is 11.6 Å². The van der Waals surface area contributed by atoms with Gasteiger partial charge >= 0.3 is 6.18 Å². The zero-order valence-electron chi connectivity index (χ0n) is 18.1. The van der Waals surface area contributed by atoms with Crippen molar-refractivity contribution in [1.82, 2.24) is 14.7 Å². The van der Waals surface area contributed by atoms with Crippen LogP contribution in [0.5, 0.6) is 0 Å². The number of benzene rings is 1. The van der Waals surface area contributed by atoms with Gasteiger partial charge in [-0.1, -0.05) is 11.6 Å². The topological polar surface area (TPSA) is 60.9 Å². The fraction of sp³-hybridized carbons (Fsp3) is 0.304. The SMILES string of the molecule is CC(C)(C)[S+]([O-])NCC(c1ccncc1)(c1cc(F)cc(C(F)(F)F)c1)c1ccc(Cl)cn1. The lowest BCUT2D eigenvalue weighted by Gasteiger charge is -2.36. The van der Waals surface area contributed by atoms with E-state index >= 15 is 0 Å². The van der Waals surface area contributed by atoms with Crippen molar-refractivity contribution in [2.45, 2.75) is 37.1 Å². The van der Waals surface area contributed by atoms with Gasteiger partial charge in [-0.2, -0.15) is 13.2 Å². The molecule has 33 heavy (non-hydrogen) atoms. The Bertz CT molecular complexity index is 1090. The van der Waals surface area contributed by atoms with Crippen LogP contribution in [0.25, 0.3) is 0 Å². The molecule has 0 aliphatic carbocycles. The Hall–Kier alpha value is -2.20. The van der Waals surface area contributed by atoms with E-state index in [2.05, 4.69) is 14.7 Å². The predicted molar refractivity (Wildman–Crippen MR) is 121 cm³/mol. The van der Waals surface area contributed by atoms with Gasteiger partial charge in [0.25, 0.3) is 0 Å². The molecule has 1 N–H and O–H groups in total. The second-order valence-corrected chi connectivity index (χ2v) is 10.9. The first-order valence-electron chi connectivity index (χ1n) is 9.90. The Morgan fingerprint density at radius 2 is 1.61 bits per heavy atom. The number of pyridine rings is 2. The lowest BCUT2D eigenvalue weighted by Crippen LogP contribution is -2.48. The third kappa shape index (κ3) is 5.66. The minimum Gasteiger partial charge on any atom is -0.598 e. The maximum absolute atomic E-state index is 14.5. The minimum atomic E-state index is -4.77. The lowest BCUT2D eigenvalue weighted by atomic mass is 9.71. The Morgan fingerprint density at radius 3 is 2.15 bits per heavy atom. The molecule has 2 atom stereocenters. The van der Waals surface area contributed by atoms with Gasteiger partial charge in [0, 0.05) is 30.0 Å². The van der Waals surface area contributed by atoms with Crippen LogP contribution in [-0.2, 0) is 23.0 Å². The Labute approximate surface area is 197 Å². The van der Waals surface area contributed by atoms with Crippen LogP contribution < -0.4 is 4.72 Å². The smallest absolute Gasteiger partial charge is 0.416 e. The number of rotatable bonds is 6. The number of nitrogens with one attached hydrogen (secondary N) is 1.